The molecule has 2 aromatic heterocycles. The van der Waals surface area contributed by atoms with Crippen LogP contribution in [-0.2, 0) is 13.5 Å². The van der Waals surface area contributed by atoms with E-state index < -0.39 is 0 Å². The van der Waals surface area contributed by atoms with Crippen LogP contribution in [0.25, 0.3) is 10.7 Å². The van der Waals surface area contributed by atoms with Gasteiger partial charge in [-0.3, -0.25) is 9.48 Å². The molecule has 0 fully saturated rings. The SMILES string of the molecule is Cn1ccc(-c2nc3c(s2)C(=O)CC(C)(C)C3)n1. The summed E-state index contributed by atoms with van der Waals surface area (Å²) in [7, 11) is 1.88. The lowest BCUT2D eigenvalue weighted by molar-refractivity contribution is 0.0916. The fraction of sp³-hybridized carbons (Fsp3) is 0.462. The lowest BCUT2D eigenvalue weighted by Crippen LogP contribution is -2.25. The van der Waals surface area contributed by atoms with Crippen LogP contribution in [0, 0.1) is 5.41 Å². The average molecular weight is 261 g/mol. The Kier molecular flexibility index (Phi) is 2.41. The molecule has 1 aliphatic rings. The normalized spacial score (nSPS) is 17.8. The Morgan fingerprint density at radius 3 is 2.83 bits per heavy atom. The number of Topliss-reactive ketones (excluding diaryl/α,β-unsaturated/α-hetero) is 1. The molecule has 0 atom stereocenters. The standard InChI is InChI=1S/C13H15N3OS/c1-13(2)6-9-11(10(17)7-13)18-12(14-9)8-4-5-16(3)15-8/h4-5H,6-7H2,1-3H3. The summed E-state index contributed by atoms with van der Waals surface area (Å²) in [4.78, 5) is 17.5. The second-order valence-corrected chi connectivity index (χ2v) is 6.61. The maximum absolute atomic E-state index is 12.1. The summed E-state index contributed by atoms with van der Waals surface area (Å²) in [6, 6.07) is 1.93. The molecule has 0 unspecified atom stereocenters. The van der Waals surface area contributed by atoms with E-state index in [4.69, 9.17) is 0 Å². The summed E-state index contributed by atoms with van der Waals surface area (Å²) in [5.41, 5.74) is 1.82. The van der Waals surface area contributed by atoms with Gasteiger partial charge in [-0.2, -0.15) is 5.10 Å². The minimum absolute atomic E-state index is 0.0273. The van der Waals surface area contributed by atoms with Crippen molar-refractivity contribution in [3.63, 3.8) is 0 Å². The van der Waals surface area contributed by atoms with E-state index in [9.17, 15) is 4.79 Å². The van der Waals surface area contributed by atoms with Gasteiger partial charge in [-0.05, 0) is 17.9 Å². The summed E-state index contributed by atoms with van der Waals surface area (Å²) >= 11 is 1.47. The van der Waals surface area contributed by atoms with Gasteiger partial charge in [0.25, 0.3) is 0 Å². The van der Waals surface area contributed by atoms with Crippen LogP contribution >= 0.6 is 11.3 Å². The van der Waals surface area contributed by atoms with Crippen molar-refractivity contribution in [1.29, 1.82) is 0 Å². The Morgan fingerprint density at radius 1 is 1.39 bits per heavy atom. The summed E-state index contributed by atoms with van der Waals surface area (Å²) < 4.78 is 1.75. The second kappa shape index (κ2) is 3.75. The zero-order chi connectivity index (χ0) is 12.9. The highest BCUT2D eigenvalue weighted by Crippen LogP contribution is 2.38. The first-order valence-corrected chi connectivity index (χ1v) is 6.79. The Labute approximate surface area is 110 Å². The van der Waals surface area contributed by atoms with Crippen molar-refractivity contribution in [2.45, 2.75) is 26.7 Å². The number of hydrogen-bond acceptors (Lipinski definition) is 4. The largest absolute Gasteiger partial charge is 0.293 e. The van der Waals surface area contributed by atoms with Gasteiger partial charge >= 0.3 is 0 Å². The molecule has 0 bridgehead atoms. The third-order valence-corrected chi connectivity index (χ3v) is 4.33. The molecule has 0 radical (unpaired) electrons. The zero-order valence-corrected chi connectivity index (χ0v) is 11.5. The fourth-order valence-corrected chi connectivity index (χ4v) is 3.34. The molecule has 0 saturated heterocycles. The molecular weight excluding hydrogens is 246 g/mol. The van der Waals surface area contributed by atoms with E-state index in [1.54, 1.807) is 4.68 Å². The molecule has 4 nitrogen and oxygen atoms in total. The minimum atomic E-state index is 0.0273. The first-order chi connectivity index (χ1) is 8.44. The van der Waals surface area contributed by atoms with Gasteiger partial charge in [-0.15, -0.1) is 11.3 Å². The van der Waals surface area contributed by atoms with E-state index in [-0.39, 0.29) is 11.2 Å². The first kappa shape index (κ1) is 11.6. The topological polar surface area (TPSA) is 47.8 Å². The molecule has 5 heteroatoms. The van der Waals surface area contributed by atoms with Gasteiger partial charge in [0.1, 0.15) is 10.7 Å². The molecule has 0 spiro atoms. The number of nitrogens with zero attached hydrogens (tertiary/aromatic N) is 3. The van der Waals surface area contributed by atoms with Crippen LogP contribution < -0.4 is 0 Å². The van der Waals surface area contributed by atoms with Crippen LogP contribution in [0.4, 0.5) is 0 Å². The lowest BCUT2D eigenvalue weighted by Gasteiger charge is -2.26. The molecular formula is C13H15N3OS. The van der Waals surface area contributed by atoms with Crippen molar-refractivity contribution in [3.8, 4) is 10.7 Å². The van der Waals surface area contributed by atoms with Gasteiger partial charge in [0.15, 0.2) is 5.78 Å². The highest BCUT2D eigenvalue weighted by atomic mass is 32.1. The van der Waals surface area contributed by atoms with E-state index in [2.05, 4.69) is 23.9 Å². The van der Waals surface area contributed by atoms with Crippen LogP contribution in [0.2, 0.25) is 0 Å². The Balaban J connectivity index is 2.05. The molecule has 0 saturated carbocycles. The van der Waals surface area contributed by atoms with Crippen LogP contribution in [0.3, 0.4) is 0 Å². The summed E-state index contributed by atoms with van der Waals surface area (Å²) in [5, 5.41) is 5.19. The molecule has 0 aliphatic heterocycles. The van der Waals surface area contributed by atoms with Crippen LogP contribution in [0.1, 0.15) is 35.6 Å². The summed E-state index contributed by atoms with van der Waals surface area (Å²) in [6.45, 7) is 4.24. The number of aromatic nitrogens is 3. The number of hydrogen-bond donors (Lipinski definition) is 0. The van der Waals surface area contributed by atoms with Gasteiger partial charge in [0.05, 0.1) is 10.6 Å². The van der Waals surface area contributed by atoms with Crippen molar-refractivity contribution in [1.82, 2.24) is 14.8 Å². The Morgan fingerprint density at radius 2 is 2.17 bits per heavy atom. The molecule has 18 heavy (non-hydrogen) atoms. The van der Waals surface area contributed by atoms with Crippen LogP contribution in [-0.4, -0.2) is 20.5 Å². The van der Waals surface area contributed by atoms with Crippen molar-refractivity contribution in [2.24, 2.45) is 12.5 Å². The van der Waals surface area contributed by atoms with Crippen molar-refractivity contribution >= 4 is 17.1 Å². The highest BCUT2D eigenvalue weighted by molar-refractivity contribution is 7.17. The number of fused-ring (bicyclic) bond motifs is 1. The molecule has 2 aromatic rings. The van der Waals surface area contributed by atoms with E-state index in [0.717, 1.165) is 27.7 Å². The number of carbonyl (C=O) groups excluding carboxylic acids is 1. The molecule has 1 aliphatic carbocycles. The van der Waals surface area contributed by atoms with Crippen molar-refractivity contribution in [2.75, 3.05) is 0 Å². The van der Waals surface area contributed by atoms with Gasteiger partial charge in [0, 0.05) is 19.7 Å². The van der Waals surface area contributed by atoms with Crippen molar-refractivity contribution in [3.05, 3.63) is 22.8 Å². The number of ketones is 1. The van der Waals surface area contributed by atoms with Crippen LogP contribution in [0.15, 0.2) is 12.3 Å². The average Bonchev–Trinajstić information content (AvgIpc) is 2.82. The smallest absolute Gasteiger partial charge is 0.175 e. The minimum Gasteiger partial charge on any atom is -0.293 e. The molecule has 2 heterocycles. The van der Waals surface area contributed by atoms with E-state index in [0.29, 0.717) is 6.42 Å². The second-order valence-electron chi connectivity index (χ2n) is 5.61. The number of rotatable bonds is 1. The van der Waals surface area contributed by atoms with Gasteiger partial charge in [-0.1, -0.05) is 13.8 Å². The van der Waals surface area contributed by atoms with Crippen LogP contribution in [0.5, 0.6) is 0 Å². The number of aryl methyl sites for hydroxylation is 1. The molecule has 0 N–H and O–H groups in total. The third kappa shape index (κ3) is 1.88. The Bertz CT molecular complexity index is 624. The van der Waals surface area contributed by atoms with E-state index in [1.165, 1.54) is 11.3 Å². The molecule has 3 rings (SSSR count). The molecule has 94 valence electrons. The zero-order valence-electron chi connectivity index (χ0n) is 10.7. The maximum atomic E-state index is 12.1. The van der Waals surface area contributed by atoms with Gasteiger partial charge in [-0.25, -0.2) is 4.98 Å². The lowest BCUT2D eigenvalue weighted by atomic mass is 9.78. The summed E-state index contributed by atoms with van der Waals surface area (Å²) in [6.07, 6.45) is 3.38. The quantitative estimate of drug-likeness (QED) is 0.793. The third-order valence-electron chi connectivity index (χ3n) is 3.17. The van der Waals surface area contributed by atoms with Gasteiger partial charge < -0.3 is 0 Å². The molecule has 0 amide bonds. The summed E-state index contributed by atoms with van der Waals surface area (Å²) in [5.74, 6) is 0.223. The first-order valence-electron chi connectivity index (χ1n) is 5.97. The van der Waals surface area contributed by atoms with E-state index in [1.807, 2.05) is 19.3 Å². The number of thiazole rings is 1. The molecule has 0 aromatic carbocycles. The fourth-order valence-electron chi connectivity index (χ4n) is 2.36. The Hall–Kier alpha value is -1.49. The predicted octanol–water partition coefficient (Wildman–Crippen LogP) is 2.70. The van der Waals surface area contributed by atoms with Crippen molar-refractivity contribution < 1.29 is 4.79 Å². The van der Waals surface area contributed by atoms with E-state index >= 15 is 0 Å². The highest BCUT2D eigenvalue weighted by Gasteiger charge is 2.34. The number of carbonyl (C=O) groups is 1. The monoisotopic (exact) mass is 261 g/mol. The van der Waals surface area contributed by atoms with Gasteiger partial charge in [0.2, 0.25) is 0 Å². The maximum Gasteiger partial charge on any atom is 0.175 e. The predicted molar refractivity (Wildman–Crippen MR) is 70.7 cm³/mol.